The van der Waals surface area contributed by atoms with Crippen LogP contribution in [0.4, 0.5) is 34.1 Å². The van der Waals surface area contributed by atoms with Crippen LogP contribution in [0.25, 0.3) is 21.5 Å². The number of carbonyl (C=O) groups excluding carboxylic acids is 1. The van der Waals surface area contributed by atoms with Gasteiger partial charge in [-0.15, -0.1) is 15.3 Å². The number of nitrogens with one attached hydrogen (secondary N) is 1. The van der Waals surface area contributed by atoms with Crippen LogP contribution in [-0.2, 0) is 33.1 Å². The van der Waals surface area contributed by atoms with Gasteiger partial charge in [-0.05, 0) is 121 Å². The van der Waals surface area contributed by atoms with E-state index in [4.69, 9.17) is 32.7 Å². The van der Waals surface area contributed by atoms with E-state index >= 15 is 0 Å². The van der Waals surface area contributed by atoms with Crippen LogP contribution in [0.3, 0.4) is 0 Å². The van der Waals surface area contributed by atoms with Crippen molar-refractivity contribution in [2.45, 2.75) is 50.3 Å². The predicted molar refractivity (Wildman–Crippen MR) is 294 cm³/mol. The Bertz CT molecular complexity index is 3860. The van der Waals surface area contributed by atoms with E-state index in [-0.39, 0.29) is 92.8 Å². The molecular formula is C54H46BaCl2N6O12S2. The zero-order chi connectivity index (χ0) is 54.9. The Balaban J connectivity index is 0.000000246. The number of rotatable bonds is 16. The summed E-state index contributed by atoms with van der Waals surface area (Å²) in [4.78, 5) is 16.2. The molecule has 8 aromatic rings. The molecule has 0 heterocycles. The van der Waals surface area contributed by atoms with E-state index < -0.39 is 53.3 Å². The Morgan fingerprint density at radius 3 is 1.61 bits per heavy atom. The topological polar surface area (TPSA) is 284 Å². The molecule has 392 valence electrons. The van der Waals surface area contributed by atoms with Crippen molar-refractivity contribution in [3.63, 3.8) is 0 Å². The van der Waals surface area contributed by atoms with E-state index in [9.17, 15) is 46.1 Å². The summed E-state index contributed by atoms with van der Waals surface area (Å²) >= 11 is 12.4. The summed E-state index contributed by atoms with van der Waals surface area (Å²) in [7, 11) is -9.24. The first-order valence-electron chi connectivity index (χ1n) is 23.2. The monoisotopic (exact) mass is 1240 g/mol. The van der Waals surface area contributed by atoms with Crippen LogP contribution in [0.1, 0.15) is 54.7 Å². The quantitative estimate of drug-likeness (QED) is 0.0231. The van der Waals surface area contributed by atoms with Gasteiger partial charge in [0.2, 0.25) is 0 Å². The summed E-state index contributed by atoms with van der Waals surface area (Å²) in [6.45, 7) is 8.17. The molecule has 18 nitrogen and oxygen atoms in total. The number of aromatic hydroxyl groups is 1. The van der Waals surface area contributed by atoms with Gasteiger partial charge in [-0.25, -0.2) is 0 Å². The number of ether oxygens (including phenoxy) is 2. The Hall–Kier alpha value is -6.41. The number of amides is 1. The molecule has 0 atom stereocenters. The molecule has 0 spiro atoms. The van der Waals surface area contributed by atoms with E-state index in [1.54, 1.807) is 111 Å². The first-order valence-corrected chi connectivity index (χ1v) is 26.8. The summed E-state index contributed by atoms with van der Waals surface area (Å²) in [5.41, 5.74) is 1.36. The van der Waals surface area contributed by atoms with Crippen LogP contribution in [0, 0.1) is 0 Å². The molecule has 0 radical (unpaired) electrons. The molecule has 0 bridgehead atoms. The summed E-state index contributed by atoms with van der Waals surface area (Å²) < 4.78 is 77.3. The minimum Gasteiger partial charge on any atom is -0.871 e. The van der Waals surface area contributed by atoms with Gasteiger partial charge in [-0.3, -0.25) is 18.9 Å². The van der Waals surface area contributed by atoms with Gasteiger partial charge >= 0.3 is 48.9 Å². The minimum atomic E-state index is -4.63. The molecule has 4 N–H and O–H groups in total. The molecule has 8 rings (SSSR count). The second kappa shape index (κ2) is 26.3. The maximum Gasteiger partial charge on any atom is 2.00 e. The molecule has 1 amide bonds. The number of benzene rings is 8. The van der Waals surface area contributed by atoms with Crippen molar-refractivity contribution < 1.29 is 55.5 Å². The smallest absolute Gasteiger partial charge is 0.871 e. The summed E-state index contributed by atoms with van der Waals surface area (Å²) in [6.07, 6.45) is 0.866. The van der Waals surface area contributed by atoms with Crippen molar-refractivity contribution in [1.29, 1.82) is 0 Å². The molecule has 0 aliphatic heterocycles. The Labute approximate surface area is 493 Å². The Morgan fingerprint density at radius 1 is 0.610 bits per heavy atom. The van der Waals surface area contributed by atoms with Gasteiger partial charge in [0, 0.05) is 28.6 Å². The van der Waals surface area contributed by atoms with Crippen molar-refractivity contribution in [3.05, 3.63) is 166 Å². The van der Waals surface area contributed by atoms with Crippen molar-refractivity contribution in [1.82, 2.24) is 0 Å². The largest absolute Gasteiger partial charge is 2.00 e. The van der Waals surface area contributed by atoms with E-state index in [0.29, 0.717) is 81.6 Å². The number of halogens is 2. The number of phenols is 1. The van der Waals surface area contributed by atoms with Crippen molar-refractivity contribution in [2.75, 3.05) is 18.5 Å². The number of hydrogen-bond acceptors (Lipinski definition) is 15. The predicted octanol–water partition coefficient (Wildman–Crippen LogP) is 12.3. The molecule has 0 fully saturated rings. The summed E-state index contributed by atoms with van der Waals surface area (Å²) in [6, 6.07) is 35.7. The fourth-order valence-corrected chi connectivity index (χ4v) is 9.73. The number of aliphatic imine (C=N–C) groups is 1. The van der Waals surface area contributed by atoms with E-state index in [0.717, 1.165) is 0 Å². The number of hydrogen-bond donors (Lipinski definition) is 4. The number of anilines is 1. The average molecular weight is 1240 g/mol. The number of carbonyl (C=O) groups is 1. The average Bonchev–Trinajstić information content (AvgIpc) is 3.38. The van der Waals surface area contributed by atoms with Crippen molar-refractivity contribution >= 4 is 160 Å². The number of fused-ring (bicyclic) bond motifs is 2. The molecule has 0 aliphatic carbocycles. The van der Waals surface area contributed by atoms with Gasteiger partial charge in [0.25, 0.3) is 26.1 Å². The van der Waals surface area contributed by atoms with E-state index in [1.165, 1.54) is 36.4 Å². The normalized spacial score (nSPS) is 11.9. The Kier molecular flexibility index (Phi) is 20.4. The summed E-state index contributed by atoms with van der Waals surface area (Å²) in [5, 5.41) is 58.1. The molecule has 77 heavy (non-hydrogen) atoms. The van der Waals surface area contributed by atoms with Crippen molar-refractivity contribution in [3.8, 4) is 23.0 Å². The number of aryl methyl sites for hydroxylation is 2. The third kappa shape index (κ3) is 14.6. The van der Waals surface area contributed by atoms with Gasteiger partial charge in [-0.2, -0.15) is 21.9 Å². The minimum absolute atomic E-state index is 0. The van der Waals surface area contributed by atoms with E-state index in [2.05, 4.69) is 30.8 Å². The van der Waals surface area contributed by atoms with Crippen LogP contribution in [0.5, 0.6) is 23.0 Å². The van der Waals surface area contributed by atoms with Crippen LogP contribution in [-0.4, -0.2) is 105 Å². The van der Waals surface area contributed by atoms with Gasteiger partial charge in [0.1, 0.15) is 38.4 Å². The standard InChI is InChI=1S/2C27H24ClN3O6S.Ba/c2*1-3-16-12-22(24(28)23(13-16)38(34,35)36)30-31-25-20-11-6-5-8-17(20)14-21(26(25)32)27(33)29-18-9-7-10-19(15-18)37-4-2;/h2*5-15,32H,3-4H2,1-2H3,(H,29,33)(H,34,35,36);/q;;+2/p-2. The van der Waals surface area contributed by atoms with Gasteiger partial charge in [0.15, 0.2) is 5.75 Å². The van der Waals surface area contributed by atoms with Gasteiger partial charge in [0.05, 0.1) is 40.2 Å². The molecule has 0 aliphatic rings. The van der Waals surface area contributed by atoms with Gasteiger partial charge < -0.3 is 30.1 Å². The summed E-state index contributed by atoms with van der Waals surface area (Å²) in [5.74, 6) is -1.38. The van der Waals surface area contributed by atoms with Crippen LogP contribution in [0.15, 0.2) is 169 Å². The van der Waals surface area contributed by atoms with Crippen molar-refractivity contribution in [2.24, 2.45) is 25.4 Å². The second-order valence-corrected chi connectivity index (χ2v) is 19.9. The molecule has 8 aromatic carbocycles. The second-order valence-electron chi connectivity index (χ2n) is 16.3. The van der Waals surface area contributed by atoms with Crippen LogP contribution in [0.2, 0.25) is 10.0 Å². The number of phenolic OH excluding ortho intramolecular Hbond substituents is 1. The van der Waals surface area contributed by atoms with Crippen LogP contribution < -0.4 is 25.0 Å². The SMILES string of the molecule is CCOc1cccc(N=C([O-])c2cc3ccccc3c(N=Nc3cc(CC)cc(S(=O)(=O)O)c3Cl)c2[O-])c1.CCOc1cccc(NC(=O)c2cc3ccccc3c(N=Nc3cc(CC)cc(S(=O)(=O)O)c3Cl)c2O)c1.[Ba+2]. The van der Waals surface area contributed by atoms with E-state index in [1.807, 2.05) is 13.8 Å². The third-order valence-corrected chi connectivity index (χ3v) is 14.0. The first kappa shape index (κ1) is 59.8. The molecule has 0 unspecified atom stereocenters. The fraction of sp³-hybridized carbons (Fsp3) is 0.148. The van der Waals surface area contributed by atoms with Gasteiger partial charge in [-0.1, -0.05) is 103 Å². The zero-order valence-corrected chi connectivity index (χ0v) is 49.1. The Morgan fingerprint density at radius 2 is 1.09 bits per heavy atom. The third-order valence-electron chi connectivity index (χ3n) is 11.3. The zero-order valence-electron chi connectivity index (χ0n) is 41.6. The molecular weight excluding hydrogens is 1200 g/mol. The molecule has 0 aromatic heterocycles. The fourth-order valence-electron chi connectivity index (χ4n) is 7.59. The number of azo groups is 2. The maximum absolute atomic E-state index is 13.4. The molecule has 0 saturated heterocycles. The molecule has 0 saturated carbocycles. The van der Waals surface area contributed by atoms with Crippen LogP contribution >= 0.6 is 23.2 Å². The molecule has 23 heteroatoms. The maximum atomic E-state index is 13.4. The first-order chi connectivity index (χ1) is 36.2. The number of nitrogens with zero attached hydrogens (tertiary/aromatic N) is 5.